The standard InChI is InChI=1S/C21H38N4O2.C2HF3O2/c1-21(2,18-8-9-22-16-18)20(27)23-10-11-24-12-14-25(15-13-24)19(26)17-6-4-3-5-7-17;3-2(4,5)1(6)7/h17-18,22H,3-16H2,1-2H3,(H,23,27);(H,6,7). The lowest BCUT2D eigenvalue weighted by molar-refractivity contribution is -0.192. The second kappa shape index (κ2) is 12.7. The molecule has 1 unspecified atom stereocenters. The summed E-state index contributed by atoms with van der Waals surface area (Å²) in [6, 6.07) is 0. The molecule has 34 heavy (non-hydrogen) atoms. The minimum absolute atomic E-state index is 0.169. The summed E-state index contributed by atoms with van der Waals surface area (Å²) >= 11 is 0. The fraction of sp³-hybridized carbons (Fsp3) is 0.870. The minimum Gasteiger partial charge on any atom is -0.475 e. The van der Waals surface area contributed by atoms with Crippen LogP contribution in [0.5, 0.6) is 0 Å². The van der Waals surface area contributed by atoms with Crippen LogP contribution in [0.15, 0.2) is 0 Å². The van der Waals surface area contributed by atoms with Gasteiger partial charge in [-0.05, 0) is 38.3 Å². The molecule has 11 heteroatoms. The first kappa shape index (κ1) is 28.4. The summed E-state index contributed by atoms with van der Waals surface area (Å²) in [5.41, 5.74) is -0.311. The number of carbonyl (C=O) groups excluding carboxylic acids is 2. The zero-order valence-electron chi connectivity index (χ0n) is 20.3. The third-order valence-electron chi connectivity index (χ3n) is 7.26. The van der Waals surface area contributed by atoms with Crippen LogP contribution < -0.4 is 10.6 Å². The lowest BCUT2D eigenvalue weighted by atomic mass is 9.77. The molecule has 3 aliphatic rings. The van der Waals surface area contributed by atoms with Gasteiger partial charge in [-0.3, -0.25) is 14.5 Å². The number of hydrogen-bond donors (Lipinski definition) is 3. The molecule has 0 radical (unpaired) electrons. The molecular formula is C23H39F3N4O4. The van der Waals surface area contributed by atoms with Gasteiger partial charge < -0.3 is 20.6 Å². The first-order valence-corrected chi connectivity index (χ1v) is 12.2. The van der Waals surface area contributed by atoms with Gasteiger partial charge in [-0.2, -0.15) is 13.2 Å². The number of nitrogens with one attached hydrogen (secondary N) is 2. The van der Waals surface area contributed by atoms with Gasteiger partial charge in [0.1, 0.15) is 0 Å². The molecular weight excluding hydrogens is 453 g/mol. The number of carbonyl (C=O) groups is 3. The minimum atomic E-state index is -5.08. The van der Waals surface area contributed by atoms with Crippen molar-refractivity contribution in [3.63, 3.8) is 0 Å². The van der Waals surface area contributed by atoms with E-state index in [1.54, 1.807) is 0 Å². The zero-order valence-corrected chi connectivity index (χ0v) is 20.3. The molecule has 3 fully saturated rings. The van der Waals surface area contributed by atoms with E-state index in [-0.39, 0.29) is 17.2 Å². The quantitative estimate of drug-likeness (QED) is 0.525. The molecule has 1 saturated carbocycles. The summed E-state index contributed by atoms with van der Waals surface area (Å²) in [5, 5.41) is 13.6. The SMILES string of the molecule is CC(C)(C(=O)NCCN1CCN(C(=O)C2CCCCC2)CC1)C1CCNC1.O=C(O)C(F)(F)F. The summed E-state index contributed by atoms with van der Waals surface area (Å²) in [6.45, 7) is 11.2. The Bertz CT molecular complexity index is 682. The highest BCUT2D eigenvalue weighted by molar-refractivity contribution is 5.82. The van der Waals surface area contributed by atoms with Crippen LogP contribution in [-0.2, 0) is 14.4 Å². The van der Waals surface area contributed by atoms with Crippen molar-refractivity contribution in [3.05, 3.63) is 0 Å². The predicted octanol–water partition coefficient (Wildman–Crippen LogP) is 2.10. The summed E-state index contributed by atoms with van der Waals surface area (Å²) in [4.78, 5) is 38.6. The van der Waals surface area contributed by atoms with Crippen LogP contribution in [0.25, 0.3) is 0 Å². The highest BCUT2D eigenvalue weighted by Gasteiger charge is 2.39. The normalized spacial score (nSPS) is 22.6. The maximum absolute atomic E-state index is 12.6. The van der Waals surface area contributed by atoms with Crippen molar-refractivity contribution in [1.29, 1.82) is 0 Å². The van der Waals surface area contributed by atoms with Gasteiger partial charge in [0.2, 0.25) is 11.8 Å². The predicted molar refractivity (Wildman–Crippen MR) is 121 cm³/mol. The number of carboxylic acid groups (broad SMARTS) is 1. The van der Waals surface area contributed by atoms with Crippen molar-refractivity contribution in [3.8, 4) is 0 Å². The Balaban J connectivity index is 0.000000509. The Labute approximate surface area is 199 Å². The van der Waals surface area contributed by atoms with E-state index in [9.17, 15) is 22.8 Å². The van der Waals surface area contributed by atoms with Gasteiger partial charge in [-0.1, -0.05) is 33.1 Å². The van der Waals surface area contributed by atoms with E-state index in [1.165, 1.54) is 19.3 Å². The van der Waals surface area contributed by atoms with Crippen LogP contribution in [0.3, 0.4) is 0 Å². The number of rotatable bonds is 6. The van der Waals surface area contributed by atoms with Crippen molar-refractivity contribution in [1.82, 2.24) is 20.4 Å². The van der Waals surface area contributed by atoms with Gasteiger partial charge in [-0.25, -0.2) is 4.79 Å². The third kappa shape index (κ3) is 8.41. The summed E-state index contributed by atoms with van der Waals surface area (Å²) in [6.07, 6.45) is 1.87. The highest BCUT2D eigenvalue weighted by atomic mass is 19.4. The number of piperazine rings is 1. The number of amides is 2. The van der Waals surface area contributed by atoms with Crippen LogP contribution in [0, 0.1) is 17.3 Å². The molecule has 1 atom stereocenters. The van der Waals surface area contributed by atoms with Gasteiger partial charge in [0.05, 0.1) is 0 Å². The molecule has 3 rings (SSSR count). The van der Waals surface area contributed by atoms with Crippen LogP contribution >= 0.6 is 0 Å². The van der Waals surface area contributed by atoms with E-state index < -0.39 is 12.1 Å². The van der Waals surface area contributed by atoms with E-state index in [2.05, 4.69) is 34.3 Å². The molecule has 8 nitrogen and oxygen atoms in total. The fourth-order valence-electron chi connectivity index (χ4n) is 4.81. The Morgan fingerprint density at radius 2 is 1.59 bits per heavy atom. The summed E-state index contributed by atoms with van der Waals surface area (Å²) < 4.78 is 31.7. The molecule has 2 saturated heterocycles. The van der Waals surface area contributed by atoms with Gasteiger partial charge in [-0.15, -0.1) is 0 Å². The number of halogens is 3. The second-order valence-corrected chi connectivity index (χ2v) is 9.97. The number of nitrogens with zero attached hydrogens (tertiary/aromatic N) is 2. The van der Waals surface area contributed by atoms with E-state index >= 15 is 0 Å². The molecule has 2 aliphatic heterocycles. The molecule has 196 valence electrons. The zero-order chi connectivity index (χ0) is 25.4. The van der Waals surface area contributed by atoms with Crippen molar-refractivity contribution in [2.24, 2.45) is 17.3 Å². The van der Waals surface area contributed by atoms with E-state index in [0.29, 0.717) is 18.4 Å². The number of hydrogen-bond acceptors (Lipinski definition) is 5. The van der Waals surface area contributed by atoms with Crippen LogP contribution in [-0.4, -0.2) is 91.2 Å². The monoisotopic (exact) mass is 492 g/mol. The van der Waals surface area contributed by atoms with Gasteiger partial charge in [0.25, 0.3) is 0 Å². The third-order valence-corrected chi connectivity index (χ3v) is 7.26. The lowest BCUT2D eigenvalue weighted by Gasteiger charge is -2.37. The van der Waals surface area contributed by atoms with Crippen LogP contribution in [0.1, 0.15) is 52.4 Å². The highest BCUT2D eigenvalue weighted by Crippen LogP contribution is 2.31. The topological polar surface area (TPSA) is 102 Å². The van der Waals surface area contributed by atoms with Crippen LogP contribution in [0.2, 0.25) is 0 Å². The largest absolute Gasteiger partial charge is 0.490 e. The van der Waals surface area contributed by atoms with Gasteiger partial charge in [0.15, 0.2) is 0 Å². The Hall–Kier alpha value is -1.88. The second-order valence-electron chi connectivity index (χ2n) is 9.97. The molecule has 0 aromatic heterocycles. The molecule has 0 spiro atoms. The summed E-state index contributed by atoms with van der Waals surface area (Å²) in [5.74, 6) is -1.51. The maximum atomic E-state index is 12.6. The number of aliphatic carboxylic acids is 1. The van der Waals surface area contributed by atoms with Crippen molar-refractivity contribution in [2.75, 3.05) is 52.4 Å². The van der Waals surface area contributed by atoms with Crippen LogP contribution in [0.4, 0.5) is 13.2 Å². The molecule has 3 N–H and O–H groups in total. The van der Waals surface area contributed by atoms with Gasteiger partial charge in [0, 0.05) is 50.6 Å². The average Bonchev–Trinajstić information content (AvgIpc) is 3.35. The molecule has 1 aliphatic carbocycles. The van der Waals surface area contributed by atoms with Crippen molar-refractivity contribution < 1.29 is 32.7 Å². The first-order chi connectivity index (χ1) is 15.9. The molecule has 0 aromatic carbocycles. The van der Waals surface area contributed by atoms with E-state index in [0.717, 1.165) is 65.1 Å². The molecule has 2 amide bonds. The molecule has 0 bridgehead atoms. The summed E-state index contributed by atoms with van der Waals surface area (Å²) in [7, 11) is 0. The first-order valence-electron chi connectivity index (χ1n) is 12.2. The smallest absolute Gasteiger partial charge is 0.475 e. The maximum Gasteiger partial charge on any atom is 0.490 e. The lowest BCUT2D eigenvalue weighted by Crippen LogP contribution is -2.52. The Morgan fingerprint density at radius 3 is 2.09 bits per heavy atom. The molecule has 2 heterocycles. The van der Waals surface area contributed by atoms with E-state index in [1.807, 2.05) is 0 Å². The Morgan fingerprint density at radius 1 is 1.00 bits per heavy atom. The van der Waals surface area contributed by atoms with Crippen molar-refractivity contribution >= 4 is 17.8 Å². The fourth-order valence-corrected chi connectivity index (χ4v) is 4.81. The van der Waals surface area contributed by atoms with Gasteiger partial charge >= 0.3 is 12.1 Å². The number of alkyl halides is 3. The van der Waals surface area contributed by atoms with Crippen molar-refractivity contribution in [2.45, 2.75) is 58.5 Å². The average molecular weight is 493 g/mol. The Kier molecular flexibility index (Phi) is 10.6. The van der Waals surface area contributed by atoms with E-state index in [4.69, 9.17) is 9.90 Å². The molecule has 0 aromatic rings. The number of carboxylic acids is 1.